The Bertz CT molecular complexity index is 1040. The Morgan fingerprint density at radius 3 is 2.50 bits per heavy atom. The Morgan fingerprint density at radius 1 is 1.25 bits per heavy atom. The molecule has 0 saturated carbocycles. The van der Waals surface area contributed by atoms with Gasteiger partial charge in [0.15, 0.2) is 6.61 Å². The quantitative estimate of drug-likeness (QED) is 0.672. The van der Waals surface area contributed by atoms with Gasteiger partial charge in [-0.25, -0.2) is 4.39 Å². The molecule has 2 aromatic rings. The van der Waals surface area contributed by atoms with Crippen LogP contribution in [0.25, 0.3) is 0 Å². The molecular weight excluding hydrogens is 435 g/mol. The van der Waals surface area contributed by atoms with Crippen LogP contribution >= 0.6 is 11.6 Å². The lowest BCUT2D eigenvalue weighted by Crippen LogP contribution is -2.45. The van der Waals surface area contributed by atoms with Crippen molar-refractivity contribution in [2.45, 2.75) is 32.6 Å². The van der Waals surface area contributed by atoms with Gasteiger partial charge >= 0.3 is 5.97 Å². The van der Waals surface area contributed by atoms with Crippen molar-refractivity contribution in [1.82, 2.24) is 4.90 Å². The summed E-state index contributed by atoms with van der Waals surface area (Å²) in [4.78, 5) is 25.5. The summed E-state index contributed by atoms with van der Waals surface area (Å²) in [6.45, 7) is 2.37. The number of benzene rings is 2. The minimum Gasteiger partial charge on any atom is -0.483 e. The van der Waals surface area contributed by atoms with Gasteiger partial charge in [0, 0.05) is 23.7 Å². The number of piperidine rings is 1. The van der Waals surface area contributed by atoms with Crippen LogP contribution in [0.4, 0.5) is 4.39 Å². The number of nitriles is 1. The normalized spacial score (nSPS) is 15.1. The molecule has 1 heterocycles. The number of carboxylic acids is 1. The second-order valence-electron chi connectivity index (χ2n) is 8.14. The fourth-order valence-electron chi connectivity index (χ4n) is 3.87. The first-order chi connectivity index (χ1) is 15.2. The Kier molecular flexibility index (Phi) is 7.37. The number of aryl methyl sites for hydroxylation is 1. The number of rotatable bonds is 7. The van der Waals surface area contributed by atoms with E-state index < -0.39 is 11.4 Å². The van der Waals surface area contributed by atoms with Crippen LogP contribution in [0.5, 0.6) is 5.75 Å². The maximum absolute atomic E-state index is 13.2. The van der Waals surface area contributed by atoms with Crippen LogP contribution in [0.2, 0.25) is 5.02 Å². The smallest absolute Gasteiger partial charge is 0.307 e. The third-order valence-electron chi connectivity index (χ3n) is 5.80. The van der Waals surface area contributed by atoms with Crippen molar-refractivity contribution >= 4 is 23.5 Å². The van der Waals surface area contributed by atoms with Gasteiger partial charge in [0.05, 0.1) is 17.9 Å². The molecule has 0 aromatic heterocycles. The predicted octanol–water partition coefficient (Wildman–Crippen LogP) is 4.17. The van der Waals surface area contributed by atoms with Gasteiger partial charge in [-0.05, 0) is 61.6 Å². The fraction of sp³-hybridized carbons (Fsp3) is 0.375. The van der Waals surface area contributed by atoms with Crippen molar-refractivity contribution in [3.63, 3.8) is 0 Å². The van der Waals surface area contributed by atoms with Gasteiger partial charge in [-0.2, -0.15) is 5.26 Å². The molecule has 1 amide bonds. The van der Waals surface area contributed by atoms with Gasteiger partial charge in [-0.1, -0.05) is 23.7 Å². The average Bonchev–Trinajstić information content (AvgIpc) is 2.76. The zero-order chi connectivity index (χ0) is 23.3. The molecule has 0 atom stereocenters. The van der Waals surface area contributed by atoms with Crippen LogP contribution in [-0.4, -0.2) is 41.6 Å². The number of hydrogen-bond acceptors (Lipinski definition) is 4. The highest BCUT2D eigenvalue weighted by atomic mass is 35.5. The molecule has 1 fully saturated rings. The van der Waals surface area contributed by atoms with Crippen molar-refractivity contribution in [3.8, 4) is 11.8 Å². The number of hydrogen-bond donors (Lipinski definition) is 1. The van der Waals surface area contributed by atoms with Crippen molar-refractivity contribution in [2.24, 2.45) is 5.41 Å². The number of carbonyl (C=O) groups is 2. The maximum Gasteiger partial charge on any atom is 0.307 e. The van der Waals surface area contributed by atoms with Gasteiger partial charge in [0.2, 0.25) is 0 Å². The highest BCUT2D eigenvalue weighted by Gasteiger charge is 2.36. The molecule has 1 aliphatic heterocycles. The Morgan fingerprint density at radius 2 is 1.91 bits per heavy atom. The Balaban J connectivity index is 1.60. The molecule has 1 N–H and O–H groups in total. The van der Waals surface area contributed by atoms with E-state index >= 15 is 0 Å². The summed E-state index contributed by atoms with van der Waals surface area (Å²) in [5.74, 6) is -1.25. The lowest BCUT2D eigenvalue weighted by Gasteiger charge is -2.37. The third kappa shape index (κ3) is 5.77. The largest absolute Gasteiger partial charge is 0.483 e. The third-order valence-corrected chi connectivity index (χ3v) is 6.21. The highest BCUT2D eigenvalue weighted by Crippen LogP contribution is 2.35. The standard InChI is InChI=1S/C24H24ClFN2O4/c1-16-10-21(18(11-20(16)25)12-23(30)31)32-14-22(29)28-8-6-24(15-27,7-9-28)13-17-2-4-19(26)5-3-17/h2-5,10-11H,6-9,12-14H2,1H3,(H,30,31). The summed E-state index contributed by atoms with van der Waals surface area (Å²) in [6, 6.07) is 11.7. The minimum absolute atomic E-state index is 0.229. The van der Waals surface area contributed by atoms with Crippen LogP contribution < -0.4 is 4.74 Å². The number of amides is 1. The molecule has 6 nitrogen and oxygen atoms in total. The average molecular weight is 459 g/mol. The van der Waals surface area contributed by atoms with E-state index in [1.807, 2.05) is 0 Å². The second kappa shape index (κ2) is 10.0. The van der Waals surface area contributed by atoms with E-state index in [2.05, 4.69) is 6.07 Å². The summed E-state index contributed by atoms with van der Waals surface area (Å²) >= 11 is 6.09. The van der Waals surface area contributed by atoms with Crippen molar-refractivity contribution in [1.29, 1.82) is 5.26 Å². The van der Waals surface area contributed by atoms with E-state index in [1.54, 1.807) is 36.1 Å². The van der Waals surface area contributed by atoms with Gasteiger partial charge in [0.25, 0.3) is 5.91 Å². The van der Waals surface area contributed by atoms with Crippen LogP contribution in [0.1, 0.15) is 29.5 Å². The number of carbonyl (C=O) groups excluding carboxylic acids is 1. The lowest BCUT2D eigenvalue weighted by atomic mass is 9.75. The number of likely N-dealkylation sites (tertiary alicyclic amines) is 1. The van der Waals surface area contributed by atoms with Crippen LogP contribution in [0.15, 0.2) is 36.4 Å². The summed E-state index contributed by atoms with van der Waals surface area (Å²) in [5.41, 5.74) is 1.42. The molecule has 0 bridgehead atoms. The van der Waals surface area contributed by atoms with Crippen molar-refractivity contribution in [3.05, 3.63) is 63.9 Å². The number of halogens is 2. The second-order valence-corrected chi connectivity index (χ2v) is 8.55. The van der Waals surface area contributed by atoms with E-state index in [0.29, 0.717) is 48.7 Å². The van der Waals surface area contributed by atoms with E-state index in [4.69, 9.17) is 21.4 Å². The molecule has 0 radical (unpaired) electrons. The minimum atomic E-state index is -1.02. The summed E-state index contributed by atoms with van der Waals surface area (Å²) in [7, 11) is 0. The molecule has 3 rings (SSSR count). The number of carboxylic acid groups (broad SMARTS) is 1. The molecule has 0 unspecified atom stereocenters. The first kappa shape index (κ1) is 23.6. The first-order valence-electron chi connectivity index (χ1n) is 10.3. The van der Waals surface area contributed by atoms with Gasteiger partial charge < -0.3 is 14.7 Å². The maximum atomic E-state index is 13.2. The Labute approximate surface area is 191 Å². The fourth-order valence-corrected chi connectivity index (χ4v) is 4.05. The molecule has 0 spiro atoms. The zero-order valence-electron chi connectivity index (χ0n) is 17.7. The van der Waals surface area contributed by atoms with E-state index in [1.165, 1.54) is 12.1 Å². The van der Waals surface area contributed by atoms with E-state index in [-0.39, 0.29) is 24.8 Å². The lowest BCUT2D eigenvalue weighted by molar-refractivity contribution is -0.136. The Hall–Kier alpha value is -3.11. The molecule has 1 aliphatic rings. The molecule has 0 aliphatic carbocycles. The molecule has 32 heavy (non-hydrogen) atoms. The van der Waals surface area contributed by atoms with Crippen LogP contribution in [0.3, 0.4) is 0 Å². The van der Waals surface area contributed by atoms with Gasteiger partial charge in [0.1, 0.15) is 11.6 Å². The monoisotopic (exact) mass is 458 g/mol. The first-order valence-corrected chi connectivity index (χ1v) is 10.7. The molecule has 2 aromatic carbocycles. The molecular formula is C24H24ClFN2O4. The van der Waals surface area contributed by atoms with E-state index in [0.717, 1.165) is 11.1 Å². The highest BCUT2D eigenvalue weighted by molar-refractivity contribution is 6.31. The van der Waals surface area contributed by atoms with Crippen molar-refractivity contribution in [2.75, 3.05) is 19.7 Å². The molecule has 8 heteroatoms. The molecule has 1 saturated heterocycles. The summed E-state index contributed by atoms with van der Waals surface area (Å²) in [6.07, 6.45) is 1.26. The van der Waals surface area contributed by atoms with Gasteiger partial charge in [-0.3, -0.25) is 9.59 Å². The molecule has 168 valence electrons. The zero-order valence-corrected chi connectivity index (χ0v) is 18.5. The number of nitrogens with zero attached hydrogens (tertiary/aromatic N) is 2. The van der Waals surface area contributed by atoms with E-state index in [9.17, 15) is 19.2 Å². The number of ether oxygens (including phenoxy) is 1. The SMILES string of the molecule is Cc1cc(OCC(=O)N2CCC(C#N)(Cc3ccc(F)cc3)CC2)c(CC(=O)O)cc1Cl. The summed E-state index contributed by atoms with van der Waals surface area (Å²) in [5, 5.41) is 19.3. The number of aliphatic carboxylic acids is 1. The topological polar surface area (TPSA) is 90.6 Å². The van der Waals surface area contributed by atoms with Crippen molar-refractivity contribution < 1.29 is 23.8 Å². The van der Waals surface area contributed by atoms with Crippen LogP contribution in [0, 0.1) is 29.5 Å². The predicted molar refractivity (Wildman–Crippen MR) is 117 cm³/mol. The van der Waals surface area contributed by atoms with Gasteiger partial charge in [-0.15, -0.1) is 0 Å². The summed E-state index contributed by atoms with van der Waals surface area (Å²) < 4.78 is 18.8. The van der Waals surface area contributed by atoms with Crippen LogP contribution in [-0.2, 0) is 22.4 Å².